The first-order chi connectivity index (χ1) is 24.4. The number of piperidine rings is 2. The molecule has 2 aromatic heterocycles. The molecule has 0 radical (unpaired) electrons. The predicted octanol–water partition coefficient (Wildman–Crippen LogP) is 5.06. The smallest absolute Gasteiger partial charge is 0.255 e. The van der Waals surface area contributed by atoms with Gasteiger partial charge in [-0.05, 0) is 79.9 Å². The first-order valence-electron chi connectivity index (χ1n) is 16.9. The number of hydrogen-bond donors (Lipinski definition) is 2. The van der Waals surface area contributed by atoms with Gasteiger partial charge < -0.3 is 20.3 Å². The van der Waals surface area contributed by atoms with Gasteiger partial charge in [0.15, 0.2) is 5.65 Å². The Hall–Kier alpha value is -5.27. The number of benzene rings is 3. The van der Waals surface area contributed by atoms with E-state index in [2.05, 4.69) is 20.2 Å². The number of carbonyl (C=O) groups is 3. The van der Waals surface area contributed by atoms with E-state index in [1.807, 2.05) is 77.5 Å². The Morgan fingerprint density at radius 2 is 1.76 bits per heavy atom. The van der Waals surface area contributed by atoms with E-state index in [1.54, 1.807) is 16.7 Å². The zero-order chi connectivity index (χ0) is 34.2. The average molecular weight is 689 g/mol. The van der Waals surface area contributed by atoms with E-state index >= 15 is 0 Å². The second-order valence-corrected chi connectivity index (χ2v) is 14.0. The van der Waals surface area contributed by atoms with E-state index in [9.17, 15) is 14.4 Å². The van der Waals surface area contributed by atoms with E-state index in [4.69, 9.17) is 15.6 Å². The minimum atomic E-state index is -0.622. The Balaban J connectivity index is 0.949. The maximum atomic E-state index is 13.3. The van der Waals surface area contributed by atoms with Crippen molar-refractivity contribution in [2.24, 2.45) is 0 Å². The molecule has 8 rings (SSSR count). The van der Waals surface area contributed by atoms with E-state index in [0.29, 0.717) is 24.3 Å². The van der Waals surface area contributed by atoms with Gasteiger partial charge in [0.05, 0.1) is 11.4 Å². The molecule has 5 heterocycles. The highest BCUT2D eigenvalue weighted by atomic mass is 32.2. The number of rotatable bonds is 9. The number of ether oxygens (including phenoxy) is 1. The molecule has 0 saturated carbocycles. The van der Waals surface area contributed by atoms with Gasteiger partial charge in [0.1, 0.15) is 35.4 Å². The fraction of sp³-hybridized carbons (Fsp3) is 0.297. The van der Waals surface area contributed by atoms with Crippen LogP contribution >= 0.6 is 11.8 Å². The number of anilines is 1. The van der Waals surface area contributed by atoms with Crippen LogP contribution in [0.15, 0.2) is 84.0 Å². The first kappa shape index (κ1) is 32.0. The monoisotopic (exact) mass is 688 g/mol. The summed E-state index contributed by atoms with van der Waals surface area (Å²) in [4.78, 5) is 51.5. The number of hydrogen-bond acceptors (Lipinski definition) is 10. The molecular weight excluding hydrogens is 653 g/mol. The van der Waals surface area contributed by atoms with Crippen molar-refractivity contribution in [3.63, 3.8) is 0 Å². The molecule has 0 spiro atoms. The Morgan fingerprint density at radius 3 is 2.58 bits per heavy atom. The Bertz CT molecular complexity index is 2090. The summed E-state index contributed by atoms with van der Waals surface area (Å²) in [7, 11) is 0. The summed E-state index contributed by atoms with van der Waals surface area (Å²) in [5.41, 5.74) is 10.4. The van der Waals surface area contributed by atoms with Crippen molar-refractivity contribution in [1.29, 1.82) is 0 Å². The average Bonchev–Trinajstić information content (AvgIpc) is 3.69. The molecule has 0 aliphatic carbocycles. The number of nitrogen functional groups attached to an aromatic ring is 1. The highest BCUT2D eigenvalue weighted by Gasteiger charge is 2.40. The van der Waals surface area contributed by atoms with E-state index in [0.717, 1.165) is 82.5 Å². The fourth-order valence-electron chi connectivity index (χ4n) is 7.17. The molecule has 0 bridgehead atoms. The van der Waals surface area contributed by atoms with Crippen LogP contribution in [0, 0.1) is 0 Å². The van der Waals surface area contributed by atoms with Crippen molar-refractivity contribution in [3.8, 4) is 22.8 Å². The number of nitrogens with one attached hydrogen (secondary N) is 1. The number of nitrogens with zero attached hydrogens (tertiary/aromatic N) is 6. The number of imide groups is 1. The van der Waals surface area contributed by atoms with Crippen LogP contribution in [0.5, 0.6) is 11.5 Å². The Morgan fingerprint density at radius 1 is 0.940 bits per heavy atom. The van der Waals surface area contributed by atoms with Crippen LogP contribution in [0.4, 0.5) is 5.82 Å². The molecule has 254 valence electrons. The maximum Gasteiger partial charge on any atom is 0.255 e. The van der Waals surface area contributed by atoms with Gasteiger partial charge >= 0.3 is 0 Å². The van der Waals surface area contributed by atoms with Gasteiger partial charge in [0.2, 0.25) is 11.8 Å². The molecule has 3 aromatic carbocycles. The van der Waals surface area contributed by atoms with Gasteiger partial charge in [-0.2, -0.15) is 5.10 Å². The third kappa shape index (κ3) is 6.18. The number of nitrogens with two attached hydrogens (primary N) is 1. The summed E-state index contributed by atoms with van der Waals surface area (Å²) < 4.78 is 8.02. The standard InChI is InChI=1S/C37H36N8O4S/c38-34-32-33(23-11-13-26(14-12-23)49-25-7-2-1-3-8-25)42-45(35(32)40-22-39-34)24-6-5-17-43(20-24)18-19-50-30-10-4-9-27-28(30)21-44(37(27)48)29-15-16-31(46)41-36(29)47/h1-4,7-14,22,24,29H,5-6,15-21H2,(H2,38,39,40)(H,41,46,47). The topological polar surface area (TPSA) is 149 Å². The van der Waals surface area contributed by atoms with Crippen molar-refractivity contribution < 1.29 is 19.1 Å². The first-order valence-corrected chi connectivity index (χ1v) is 17.9. The predicted molar refractivity (Wildman–Crippen MR) is 190 cm³/mol. The summed E-state index contributed by atoms with van der Waals surface area (Å²) in [6.07, 6.45) is 4.08. The molecule has 12 nitrogen and oxygen atoms in total. The zero-order valence-corrected chi connectivity index (χ0v) is 28.1. The molecule has 2 saturated heterocycles. The van der Waals surface area contributed by atoms with Crippen molar-refractivity contribution in [1.82, 2.24) is 34.9 Å². The van der Waals surface area contributed by atoms with Crippen molar-refractivity contribution in [3.05, 3.63) is 90.3 Å². The molecule has 2 atom stereocenters. The molecule has 50 heavy (non-hydrogen) atoms. The lowest BCUT2D eigenvalue weighted by molar-refractivity contribution is -0.136. The second-order valence-electron chi connectivity index (χ2n) is 12.8. The van der Waals surface area contributed by atoms with Crippen molar-refractivity contribution >= 4 is 46.3 Å². The Kier molecular flexibility index (Phi) is 8.67. The number of thioether (sulfide) groups is 1. The third-order valence-corrected chi connectivity index (χ3v) is 10.7. The normalized spacial score (nSPS) is 19.5. The number of amides is 3. The Labute approximate surface area is 293 Å². The molecule has 2 unspecified atom stereocenters. The molecule has 3 aliphatic heterocycles. The number of likely N-dealkylation sites (tertiary alicyclic amines) is 1. The summed E-state index contributed by atoms with van der Waals surface area (Å²) in [6.45, 7) is 3.04. The zero-order valence-electron chi connectivity index (χ0n) is 27.3. The van der Waals surface area contributed by atoms with Crippen LogP contribution in [-0.2, 0) is 16.1 Å². The molecule has 13 heteroatoms. The van der Waals surface area contributed by atoms with E-state index in [1.165, 1.54) is 6.33 Å². The van der Waals surface area contributed by atoms with E-state index in [-0.39, 0.29) is 24.3 Å². The summed E-state index contributed by atoms with van der Waals surface area (Å²) >= 11 is 1.73. The van der Waals surface area contributed by atoms with E-state index < -0.39 is 11.9 Å². The van der Waals surface area contributed by atoms with Gasteiger partial charge in [0, 0.05) is 47.8 Å². The van der Waals surface area contributed by atoms with Crippen molar-refractivity contribution in [2.75, 3.05) is 31.1 Å². The summed E-state index contributed by atoms with van der Waals surface area (Å²) in [6, 6.07) is 22.8. The lowest BCUT2D eigenvalue weighted by Gasteiger charge is -2.32. The van der Waals surface area contributed by atoms with Crippen LogP contribution in [0.2, 0.25) is 0 Å². The number of carbonyl (C=O) groups excluding carboxylic acids is 3. The largest absolute Gasteiger partial charge is 0.457 e. The summed E-state index contributed by atoms with van der Waals surface area (Å²) in [5.74, 6) is 1.91. The van der Waals surface area contributed by atoms with Crippen LogP contribution in [0.25, 0.3) is 22.3 Å². The minimum Gasteiger partial charge on any atom is -0.457 e. The lowest BCUT2D eigenvalue weighted by atomic mass is 10.0. The SMILES string of the molecule is Nc1ncnc2c1c(-c1ccc(Oc3ccccc3)cc1)nn2C1CCCN(CCSc2cccc3c2CN(C2CCC(=O)NC2=O)C3=O)C1. The van der Waals surface area contributed by atoms with Gasteiger partial charge in [-0.25, -0.2) is 14.6 Å². The van der Waals surface area contributed by atoms with Gasteiger partial charge in [-0.1, -0.05) is 24.3 Å². The van der Waals surface area contributed by atoms with Crippen molar-refractivity contribution in [2.45, 2.75) is 49.2 Å². The van der Waals surface area contributed by atoms with Crippen LogP contribution in [0.3, 0.4) is 0 Å². The highest BCUT2D eigenvalue weighted by Crippen LogP contribution is 2.37. The second kappa shape index (κ2) is 13.6. The van der Waals surface area contributed by atoms with Crippen LogP contribution in [-0.4, -0.2) is 78.7 Å². The molecule has 2 fully saturated rings. The third-order valence-electron chi connectivity index (χ3n) is 9.66. The molecule has 5 aromatic rings. The lowest BCUT2D eigenvalue weighted by Crippen LogP contribution is -2.52. The highest BCUT2D eigenvalue weighted by molar-refractivity contribution is 7.99. The number of para-hydroxylation sites is 1. The van der Waals surface area contributed by atoms with Gasteiger partial charge in [0.25, 0.3) is 5.91 Å². The van der Waals surface area contributed by atoms with Crippen LogP contribution < -0.4 is 15.8 Å². The molecule has 3 amide bonds. The maximum absolute atomic E-state index is 13.3. The molecule has 3 aliphatic rings. The quantitative estimate of drug-likeness (QED) is 0.159. The fourth-order valence-corrected chi connectivity index (χ4v) is 8.26. The minimum absolute atomic E-state index is 0.112. The number of fused-ring (bicyclic) bond motifs is 2. The number of aromatic nitrogens is 4. The molecule has 3 N–H and O–H groups in total. The van der Waals surface area contributed by atoms with Gasteiger partial charge in [-0.15, -0.1) is 11.8 Å². The molecular formula is C37H36N8O4S. The summed E-state index contributed by atoms with van der Waals surface area (Å²) in [5, 5.41) is 8.22. The van der Waals surface area contributed by atoms with Crippen LogP contribution in [0.1, 0.15) is 47.6 Å². The van der Waals surface area contributed by atoms with Gasteiger partial charge in [-0.3, -0.25) is 19.7 Å².